The van der Waals surface area contributed by atoms with Crippen LogP contribution in [0.2, 0.25) is 0 Å². The number of aryl methyl sites for hydroxylation is 1. The van der Waals surface area contributed by atoms with Crippen molar-refractivity contribution in [3.63, 3.8) is 0 Å². The van der Waals surface area contributed by atoms with E-state index in [1.807, 2.05) is 0 Å². The lowest BCUT2D eigenvalue weighted by atomic mass is 9.98. The number of rotatable bonds is 11. The van der Waals surface area contributed by atoms with Crippen molar-refractivity contribution in [3.05, 3.63) is 84.4 Å². The van der Waals surface area contributed by atoms with Gasteiger partial charge in [-0.25, -0.2) is 17.0 Å². The minimum atomic E-state index is -2.55. The molecule has 10 nitrogen and oxygen atoms in total. The van der Waals surface area contributed by atoms with Gasteiger partial charge in [0.05, 0.1) is 37.0 Å². The fourth-order valence-electron chi connectivity index (χ4n) is 4.28. The molecule has 39 heavy (non-hydrogen) atoms. The molecule has 0 radical (unpaired) electrons. The third kappa shape index (κ3) is 6.04. The molecule has 0 aliphatic carbocycles. The summed E-state index contributed by atoms with van der Waals surface area (Å²) in [5.41, 5.74) is 1.77. The molecule has 0 amide bonds. The second kappa shape index (κ2) is 12.3. The molecule has 4 rings (SSSR count). The van der Waals surface area contributed by atoms with Gasteiger partial charge in [-0.3, -0.25) is 13.9 Å². The van der Waals surface area contributed by atoms with Crippen LogP contribution in [0.1, 0.15) is 12.0 Å². The number of carbonyl (C=O) groups is 1. The van der Waals surface area contributed by atoms with Crippen LogP contribution in [0.5, 0.6) is 11.5 Å². The molecule has 0 aliphatic heterocycles. The Balaban J connectivity index is 2.02. The Morgan fingerprint density at radius 3 is 1.72 bits per heavy atom. The van der Waals surface area contributed by atoms with Gasteiger partial charge in [-0.15, -0.1) is 0 Å². The first-order chi connectivity index (χ1) is 18.7. The van der Waals surface area contributed by atoms with Crippen LogP contribution in [-0.4, -0.2) is 42.8 Å². The second-order valence-electron chi connectivity index (χ2n) is 8.29. The molecule has 2 atom stereocenters. The number of aliphatic carboxylic acids is 1. The Labute approximate surface area is 230 Å². The number of hydrogen-bond acceptors (Lipinski definition) is 5. The van der Waals surface area contributed by atoms with Gasteiger partial charge in [0.15, 0.2) is 0 Å². The molecule has 0 aliphatic rings. The van der Waals surface area contributed by atoms with E-state index in [0.29, 0.717) is 50.6 Å². The molecule has 3 N–H and O–H groups in total. The number of carboxylic acids is 1. The molecule has 0 saturated carbocycles. The van der Waals surface area contributed by atoms with Crippen molar-refractivity contribution in [2.75, 3.05) is 22.8 Å². The predicted molar refractivity (Wildman–Crippen MR) is 152 cm³/mol. The number of hydrogen-bond donors (Lipinski definition) is 3. The van der Waals surface area contributed by atoms with Gasteiger partial charge in [-0.05, 0) is 66.6 Å². The van der Waals surface area contributed by atoms with Crippen molar-refractivity contribution in [3.8, 4) is 11.5 Å². The zero-order chi connectivity index (χ0) is 28.1. The minimum absolute atomic E-state index is 0.0130. The topological polar surface area (TPSA) is 137 Å². The number of methoxy groups -OCH3 is 2. The number of nitrogens with zero attached hydrogens (tertiary/aromatic N) is 2. The van der Waals surface area contributed by atoms with E-state index in [4.69, 9.17) is 9.47 Å². The Kier molecular flexibility index (Phi) is 8.82. The standard InChI is InChI=1S/C27H26N2O8S2/c1-36-21-12-8-19(9-13-21)28(38(32)33)25-17-18(7-16-26(30)31)27(24-6-4-3-5-23(24)25)29(39(34)35)20-10-14-22(37-2)15-11-20/h3-6,8-15,17H,7,16H2,1-2H3,(H,30,31)(H,32,33)(H,34,35). The Morgan fingerprint density at radius 2 is 1.26 bits per heavy atom. The molecule has 0 spiro atoms. The van der Waals surface area contributed by atoms with Crippen LogP contribution in [0.3, 0.4) is 0 Å². The highest BCUT2D eigenvalue weighted by Crippen LogP contribution is 2.44. The molecule has 4 aromatic rings. The highest BCUT2D eigenvalue weighted by molar-refractivity contribution is 7.81. The lowest BCUT2D eigenvalue weighted by molar-refractivity contribution is -0.136. The number of anilines is 4. The van der Waals surface area contributed by atoms with E-state index in [1.165, 1.54) is 22.8 Å². The maximum absolute atomic E-state index is 12.8. The van der Waals surface area contributed by atoms with Gasteiger partial charge >= 0.3 is 5.97 Å². The van der Waals surface area contributed by atoms with Crippen molar-refractivity contribution in [1.82, 2.24) is 0 Å². The van der Waals surface area contributed by atoms with Crippen LogP contribution < -0.4 is 18.1 Å². The van der Waals surface area contributed by atoms with Crippen LogP contribution in [-0.2, 0) is 33.7 Å². The molecule has 0 saturated heterocycles. The van der Waals surface area contributed by atoms with Gasteiger partial charge in [0, 0.05) is 17.2 Å². The van der Waals surface area contributed by atoms with Gasteiger partial charge in [0.1, 0.15) is 11.5 Å². The fourth-order valence-corrected chi connectivity index (χ4v) is 5.58. The van der Waals surface area contributed by atoms with Crippen LogP contribution in [0, 0.1) is 0 Å². The van der Waals surface area contributed by atoms with Gasteiger partial charge < -0.3 is 14.6 Å². The average molecular weight is 571 g/mol. The molecule has 0 bridgehead atoms. The van der Waals surface area contributed by atoms with Gasteiger partial charge in [-0.1, -0.05) is 24.3 Å². The number of fused-ring (bicyclic) bond motifs is 1. The van der Waals surface area contributed by atoms with E-state index < -0.39 is 28.5 Å². The fraction of sp³-hybridized carbons (Fsp3) is 0.148. The SMILES string of the molecule is COc1ccc(N(c2cc(CCC(=O)O)c(N(c3ccc(OC)cc3)S(=O)O)c3ccccc23)S(=O)O)cc1. The summed E-state index contributed by atoms with van der Waals surface area (Å²) in [5, 5.41) is 10.4. The summed E-state index contributed by atoms with van der Waals surface area (Å²) in [6.45, 7) is 0. The average Bonchev–Trinajstić information content (AvgIpc) is 2.93. The maximum atomic E-state index is 12.8. The summed E-state index contributed by atoms with van der Waals surface area (Å²) in [6.07, 6.45) is -0.287. The Bertz CT molecular complexity index is 1530. The number of benzene rings is 4. The zero-order valence-corrected chi connectivity index (χ0v) is 22.6. The van der Waals surface area contributed by atoms with Crippen molar-refractivity contribution in [1.29, 1.82) is 0 Å². The highest BCUT2D eigenvalue weighted by Gasteiger charge is 2.27. The van der Waals surface area contributed by atoms with Crippen LogP contribution in [0.4, 0.5) is 22.7 Å². The van der Waals surface area contributed by atoms with Crippen molar-refractivity contribution in [2.45, 2.75) is 12.8 Å². The highest BCUT2D eigenvalue weighted by atomic mass is 32.2. The first kappa shape index (κ1) is 28.0. The summed E-state index contributed by atoms with van der Waals surface area (Å²) in [5.74, 6) is 0.0501. The van der Waals surface area contributed by atoms with Crippen molar-refractivity contribution < 1.29 is 36.9 Å². The van der Waals surface area contributed by atoms with Gasteiger partial charge in [0.25, 0.3) is 22.5 Å². The molecule has 0 aromatic heterocycles. The monoisotopic (exact) mass is 570 g/mol. The third-order valence-electron chi connectivity index (χ3n) is 6.03. The van der Waals surface area contributed by atoms with E-state index >= 15 is 0 Å². The number of ether oxygens (including phenoxy) is 2. The predicted octanol–water partition coefficient (Wildman–Crippen LogP) is 5.42. The normalized spacial score (nSPS) is 12.5. The molecular weight excluding hydrogens is 544 g/mol. The summed E-state index contributed by atoms with van der Waals surface area (Å²) < 4.78 is 59.1. The number of carboxylic acid groups (broad SMARTS) is 1. The smallest absolute Gasteiger partial charge is 0.303 e. The zero-order valence-electron chi connectivity index (χ0n) is 21.0. The molecule has 0 heterocycles. The summed E-state index contributed by atoms with van der Waals surface area (Å²) >= 11 is -5.07. The van der Waals surface area contributed by atoms with E-state index in [2.05, 4.69) is 0 Å². The van der Waals surface area contributed by atoms with Crippen molar-refractivity contribution >= 4 is 62.0 Å². The Hall–Kier alpha value is -3.97. The second-order valence-corrected chi connectivity index (χ2v) is 9.94. The Morgan fingerprint density at radius 1 is 0.769 bits per heavy atom. The van der Waals surface area contributed by atoms with Gasteiger partial charge in [-0.2, -0.15) is 0 Å². The molecule has 2 unspecified atom stereocenters. The lowest BCUT2D eigenvalue weighted by Crippen LogP contribution is -2.23. The van der Waals surface area contributed by atoms with E-state index in [-0.39, 0.29) is 12.8 Å². The minimum Gasteiger partial charge on any atom is -0.497 e. The summed E-state index contributed by atoms with van der Waals surface area (Å²) in [4.78, 5) is 11.6. The quantitative estimate of drug-likeness (QED) is 0.203. The van der Waals surface area contributed by atoms with Gasteiger partial charge in [0.2, 0.25) is 0 Å². The van der Waals surface area contributed by atoms with Crippen LogP contribution in [0.15, 0.2) is 78.9 Å². The van der Waals surface area contributed by atoms with Crippen LogP contribution in [0.25, 0.3) is 10.8 Å². The molecular formula is C27H26N2O8S2. The van der Waals surface area contributed by atoms with E-state index in [9.17, 15) is 27.4 Å². The summed E-state index contributed by atoms with van der Waals surface area (Å²) in [6, 6.07) is 21.6. The first-order valence-corrected chi connectivity index (χ1v) is 13.7. The molecule has 12 heteroatoms. The van der Waals surface area contributed by atoms with E-state index in [1.54, 1.807) is 78.9 Å². The maximum Gasteiger partial charge on any atom is 0.303 e. The van der Waals surface area contributed by atoms with Crippen molar-refractivity contribution in [2.24, 2.45) is 0 Å². The molecule has 204 valence electrons. The van der Waals surface area contributed by atoms with E-state index in [0.717, 1.165) is 0 Å². The summed E-state index contributed by atoms with van der Waals surface area (Å²) in [7, 11) is 3.02. The first-order valence-electron chi connectivity index (χ1n) is 11.6. The molecule has 0 fully saturated rings. The third-order valence-corrected chi connectivity index (χ3v) is 7.46. The lowest BCUT2D eigenvalue weighted by Gasteiger charge is -2.28. The van der Waals surface area contributed by atoms with Crippen LogP contribution >= 0.6 is 0 Å². The molecule has 4 aromatic carbocycles. The largest absolute Gasteiger partial charge is 0.497 e.